The smallest absolute Gasteiger partial charge is 0.255 e. The fourth-order valence-corrected chi connectivity index (χ4v) is 8.07. The van der Waals surface area contributed by atoms with Crippen LogP contribution in [0.15, 0.2) is 54.6 Å². The number of nitrogens with two attached hydrogens (primary N) is 3. The molecule has 0 radical (unpaired) electrons. The number of rotatable bonds is 18. The predicted molar refractivity (Wildman–Crippen MR) is 267 cm³/mol. The lowest BCUT2D eigenvalue weighted by atomic mass is 9.86. The van der Waals surface area contributed by atoms with Gasteiger partial charge in [-0.3, -0.25) is 24.0 Å². The van der Waals surface area contributed by atoms with Crippen LogP contribution in [0.5, 0.6) is 17.2 Å². The Bertz CT molecular complexity index is 2630. The quantitative estimate of drug-likeness (QED) is 0.0627. The van der Waals surface area contributed by atoms with Crippen molar-refractivity contribution in [1.29, 1.82) is 5.26 Å². The zero-order valence-corrected chi connectivity index (χ0v) is 42.0. The molecule has 1 aromatic heterocycles. The molecule has 5 rings (SSSR count). The van der Waals surface area contributed by atoms with Gasteiger partial charge in [-0.2, -0.15) is 5.26 Å². The van der Waals surface area contributed by atoms with Crippen molar-refractivity contribution in [1.82, 2.24) is 36.1 Å². The first-order chi connectivity index (χ1) is 34.1. The van der Waals surface area contributed by atoms with Crippen molar-refractivity contribution in [2.75, 3.05) is 53.6 Å². The summed E-state index contributed by atoms with van der Waals surface area (Å²) in [5, 5.41) is 40.8. The van der Waals surface area contributed by atoms with Crippen LogP contribution in [0.4, 0.5) is 0 Å². The minimum absolute atomic E-state index is 0.00695. The number of nitriles is 1. The third-order valence-corrected chi connectivity index (χ3v) is 12.1. The maximum atomic E-state index is 14.9. The van der Waals surface area contributed by atoms with Gasteiger partial charge in [-0.15, -0.1) is 0 Å². The largest absolute Gasteiger partial charge is 0.492 e. The summed E-state index contributed by atoms with van der Waals surface area (Å²) in [7, 11) is 2.71. The van der Waals surface area contributed by atoms with Crippen LogP contribution < -0.4 is 52.7 Å². The lowest BCUT2D eigenvalue weighted by Crippen LogP contribution is -2.56. The Kier molecular flexibility index (Phi) is 19.1. The summed E-state index contributed by atoms with van der Waals surface area (Å²) in [6.07, 6.45) is -2.39. The molecule has 1 aliphatic rings. The second-order valence-corrected chi connectivity index (χ2v) is 18.6. The van der Waals surface area contributed by atoms with Crippen LogP contribution in [-0.4, -0.2) is 139 Å². The van der Waals surface area contributed by atoms with Crippen molar-refractivity contribution >= 4 is 29.5 Å². The number of methoxy groups -OCH3 is 1. The first-order valence-electron chi connectivity index (χ1n) is 23.5. The fourth-order valence-electron chi connectivity index (χ4n) is 8.07. The Hall–Kier alpha value is -7.22. The number of aromatic nitrogens is 2. The lowest BCUT2D eigenvalue weighted by Gasteiger charge is -2.33. The number of benzene rings is 3. The molecule has 0 aliphatic carbocycles. The van der Waals surface area contributed by atoms with Gasteiger partial charge in [0, 0.05) is 43.2 Å². The lowest BCUT2D eigenvalue weighted by molar-refractivity contribution is -0.141. The Labute approximate surface area is 419 Å². The highest BCUT2D eigenvalue weighted by Gasteiger charge is 2.37. The molecule has 21 heteroatoms. The zero-order chi connectivity index (χ0) is 53.0. The Morgan fingerprint density at radius 2 is 1.53 bits per heavy atom. The number of nitrogens with zero attached hydrogens (tertiary/aromatic N) is 4. The van der Waals surface area contributed by atoms with Crippen LogP contribution in [0.25, 0.3) is 22.5 Å². The van der Waals surface area contributed by atoms with E-state index >= 15 is 0 Å². The average molecular weight is 994 g/mol. The van der Waals surface area contributed by atoms with E-state index in [-0.39, 0.29) is 97.2 Å². The molecule has 2 heterocycles. The summed E-state index contributed by atoms with van der Waals surface area (Å²) in [5.74, 6) is -3.08. The van der Waals surface area contributed by atoms with Crippen molar-refractivity contribution in [2.24, 2.45) is 17.2 Å². The van der Waals surface area contributed by atoms with E-state index in [2.05, 4.69) is 52.0 Å². The van der Waals surface area contributed by atoms with Crippen LogP contribution in [0.2, 0.25) is 0 Å². The van der Waals surface area contributed by atoms with Gasteiger partial charge in [-0.1, -0.05) is 51.1 Å². The third kappa shape index (κ3) is 13.6. The molecule has 12 N–H and O–H groups in total. The summed E-state index contributed by atoms with van der Waals surface area (Å²) in [6, 6.07) is 12.1. The van der Waals surface area contributed by atoms with Gasteiger partial charge in [0.25, 0.3) is 5.91 Å². The highest BCUT2D eigenvalue weighted by Crippen LogP contribution is 2.45. The maximum absolute atomic E-state index is 14.9. The molecule has 1 aliphatic heterocycles. The van der Waals surface area contributed by atoms with E-state index in [1.807, 2.05) is 30.3 Å². The number of hydrogen-bond acceptors (Lipinski definition) is 16. The Balaban J connectivity index is 1.66. The van der Waals surface area contributed by atoms with Crippen LogP contribution in [0.1, 0.15) is 78.6 Å². The van der Waals surface area contributed by atoms with Crippen molar-refractivity contribution in [3.05, 3.63) is 88.2 Å². The van der Waals surface area contributed by atoms with Gasteiger partial charge in [-0.25, -0.2) is 9.97 Å². The Morgan fingerprint density at radius 1 is 0.903 bits per heavy atom. The van der Waals surface area contributed by atoms with Crippen LogP contribution in [0, 0.1) is 25.2 Å². The van der Waals surface area contributed by atoms with Gasteiger partial charge in [0.1, 0.15) is 61.9 Å². The molecule has 3 unspecified atom stereocenters. The maximum Gasteiger partial charge on any atom is 0.255 e. The van der Waals surface area contributed by atoms with Gasteiger partial charge in [-0.05, 0) is 80.1 Å². The third-order valence-electron chi connectivity index (χ3n) is 12.1. The zero-order valence-electron chi connectivity index (χ0n) is 42.0. The monoisotopic (exact) mass is 994 g/mol. The number of aryl methyl sites for hydroxylation is 2. The van der Waals surface area contributed by atoms with Crippen LogP contribution in [-0.2, 0) is 31.0 Å². The van der Waals surface area contributed by atoms with E-state index in [9.17, 15) is 39.4 Å². The molecule has 5 amide bonds. The van der Waals surface area contributed by atoms with Crippen molar-refractivity contribution in [3.8, 4) is 45.8 Å². The SMILES string of the molecule is COc1c(OCC(O)CN)cc2cc1-c1cc(ccc1OCC(O)CN)C[C@@H](C(=O)NCC#N)NC(=O)[C@H](C)NC(=O)[C@H]2N(C)C(=O)C(CCN)NC(=O)c1c(C)nc(-c2ccc(C(C)(C)C)cc2)nc1C. The number of amides is 5. The summed E-state index contributed by atoms with van der Waals surface area (Å²) in [6.45, 7) is 9.77. The number of aliphatic hydroxyl groups excluding tert-OH is 2. The van der Waals surface area contributed by atoms with E-state index < -0.39 is 65.9 Å². The van der Waals surface area contributed by atoms with Crippen molar-refractivity contribution < 1.29 is 48.4 Å². The number of nitrogens with one attached hydrogen (secondary N) is 4. The highest BCUT2D eigenvalue weighted by atomic mass is 16.5. The number of fused-ring (bicyclic) bond motifs is 5. The average Bonchev–Trinajstić information content (AvgIpc) is 3.34. The minimum atomic E-state index is -1.60. The second kappa shape index (κ2) is 24.8. The molecule has 386 valence electrons. The van der Waals surface area contributed by atoms with Gasteiger partial charge in [0.15, 0.2) is 17.3 Å². The first-order valence-corrected chi connectivity index (χ1v) is 23.5. The minimum Gasteiger partial charge on any atom is -0.492 e. The van der Waals surface area contributed by atoms with E-state index in [4.69, 9.17) is 31.4 Å². The van der Waals surface area contributed by atoms with Crippen LogP contribution >= 0.6 is 0 Å². The number of carbonyl (C=O) groups excluding carboxylic acids is 5. The molecule has 3 aromatic carbocycles. The summed E-state index contributed by atoms with van der Waals surface area (Å²) in [5.41, 5.74) is 21.3. The Morgan fingerprint density at radius 3 is 2.10 bits per heavy atom. The molecule has 4 aromatic rings. The van der Waals surface area contributed by atoms with Gasteiger partial charge in [0.05, 0.1) is 30.1 Å². The molecule has 0 saturated carbocycles. The molecule has 0 spiro atoms. The standard InChI is InChI=1S/C51H67N11O10/c1-27-42(28(2)58-45(57-27)31-10-12-33(13-11-31)51(4,5)6)48(67)60-38(15-16-52)50(69)62(7)43-32-21-37(44(70-8)41(22-32)72-26-35(64)24-55)36-19-30(9-14-40(36)71-25-34(63)23-54)20-39(47(66)56-18-17-53)61-46(65)29(3)59-49(43)68/h9-14,19,21-22,29,34-35,38-39,43,63-64H,15-16,18,20,23-26,52,54-55H2,1-8H3,(H,56,66)(H,59,68)(H,60,67)(H,61,65)/t29-,34?,35?,38?,39-,43-/m0/s1. The van der Waals surface area contributed by atoms with Gasteiger partial charge >= 0.3 is 0 Å². The van der Waals surface area contributed by atoms with E-state index in [0.29, 0.717) is 22.8 Å². The van der Waals surface area contributed by atoms with Crippen molar-refractivity contribution in [2.45, 2.75) is 96.2 Å². The first kappa shape index (κ1) is 55.7. The van der Waals surface area contributed by atoms with E-state index in [0.717, 1.165) is 16.0 Å². The van der Waals surface area contributed by atoms with Crippen LogP contribution in [0.3, 0.4) is 0 Å². The molecule has 4 bridgehead atoms. The number of ether oxygens (including phenoxy) is 3. The number of likely N-dealkylation sites (N-methyl/N-ethyl adjacent to an activating group) is 1. The topological polar surface area (TPSA) is 332 Å². The normalized spacial score (nSPS) is 17.1. The summed E-state index contributed by atoms with van der Waals surface area (Å²) >= 11 is 0. The highest BCUT2D eigenvalue weighted by molar-refractivity contribution is 6.00. The molecule has 0 fully saturated rings. The van der Waals surface area contributed by atoms with E-state index in [1.54, 1.807) is 38.1 Å². The molecule has 6 atom stereocenters. The molecule has 21 nitrogen and oxygen atoms in total. The number of hydrogen-bond donors (Lipinski definition) is 9. The molecular weight excluding hydrogens is 927 g/mol. The molecule has 72 heavy (non-hydrogen) atoms. The fraction of sp³-hybridized carbons (Fsp3) is 0.451. The predicted octanol–water partition coefficient (Wildman–Crippen LogP) is 0.963. The van der Waals surface area contributed by atoms with Gasteiger partial charge in [0.2, 0.25) is 23.6 Å². The molecular formula is C51H67N11O10. The summed E-state index contributed by atoms with van der Waals surface area (Å²) < 4.78 is 18.2. The summed E-state index contributed by atoms with van der Waals surface area (Å²) in [4.78, 5) is 81.9. The number of carbonyl (C=O) groups is 5. The van der Waals surface area contributed by atoms with E-state index in [1.165, 1.54) is 27.1 Å². The van der Waals surface area contributed by atoms with Gasteiger partial charge < -0.3 is 67.8 Å². The molecule has 0 saturated heterocycles. The number of aliphatic hydroxyl groups is 2. The van der Waals surface area contributed by atoms with Crippen molar-refractivity contribution in [3.63, 3.8) is 0 Å². The second-order valence-electron chi connectivity index (χ2n) is 18.6.